The molecule has 0 atom stereocenters. The number of amides is 1. The van der Waals surface area contributed by atoms with Crippen molar-refractivity contribution in [3.8, 4) is 0 Å². The Morgan fingerprint density at radius 1 is 0.970 bits per heavy atom. The van der Waals surface area contributed by atoms with Gasteiger partial charge in [-0.1, -0.05) is 72.3 Å². The topological polar surface area (TPSA) is 98.2 Å². The first-order valence-electron chi connectivity index (χ1n) is 10.6. The van der Waals surface area contributed by atoms with Crippen LogP contribution < -0.4 is 11.1 Å². The highest BCUT2D eigenvalue weighted by atomic mass is 16.1. The minimum absolute atomic E-state index is 0.189. The smallest absolute Gasteiger partial charge is 0.257 e. The van der Waals surface area contributed by atoms with Gasteiger partial charge in [-0.3, -0.25) is 4.79 Å². The zero-order valence-electron chi connectivity index (χ0n) is 18.1. The van der Waals surface area contributed by atoms with Gasteiger partial charge in [0.15, 0.2) is 5.65 Å². The lowest BCUT2D eigenvalue weighted by Crippen LogP contribution is -2.23. The van der Waals surface area contributed by atoms with Crippen molar-refractivity contribution < 1.29 is 4.79 Å². The van der Waals surface area contributed by atoms with Crippen molar-refractivity contribution in [1.82, 2.24) is 20.0 Å². The van der Waals surface area contributed by atoms with E-state index in [0.29, 0.717) is 28.7 Å². The summed E-state index contributed by atoms with van der Waals surface area (Å²) in [6.07, 6.45) is 1.69. The molecular weight excluding hydrogens is 412 g/mol. The van der Waals surface area contributed by atoms with Gasteiger partial charge in [0.05, 0.1) is 17.2 Å². The van der Waals surface area contributed by atoms with Crippen LogP contribution in [0.4, 0.5) is 5.82 Å². The van der Waals surface area contributed by atoms with E-state index in [9.17, 15) is 4.79 Å². The van der Waals surface area contributed by atoms with Gasteiger partial charge in [0.1, 0.15) is 16.9 Å². The van der Waals surface area contributed by atoms with Crippen LogP contribution in [0.1, 0.15) is 27.0 Å². The van der Waals surface area contributed by atoms with Crippen molar-refractivity contribution >= 4 is 40.1 Å². The zero-order valence-corrected chi connectivity index (χ0v) is 18.1. The predicted octanol–water partition coefficient (Wildman–Crippen LogP) is 4.29. The molecule has 3 N–H and O–H groups in total. The molecule has 162 valence electrons. The van der Waals surface area contributed by atoms with Crippen LogP contribution in [0.3, 0.4) is 0 Å². The molecule has 0 fully saturated rings. The Hall–Kier alpha value is -4.52. The molecule has 0 aliphatic carbocycles. The van der Waals surface area contributed by atoms with E-state index in [1.165, 1.54) is 4.68 Å². The summed E-state index contributed by atoms with van der Waals surface area (Å²) in [4.78, 5) is 22.6. The summed E-state index contributed by atoms with van der Waals surface area (Å²) >= 11 is 0. The maximum atomic E-state index is 13.2. The Labute approximate surface area is 190 Å². The van der Waals surface area contributed by atoms with Crippen molar-refractivity contribution in [3.63, 3.8) is 0 Å². The van der Waals surface area contributed by atoms with E-state index in [2.05, 4.69) is 10.4 Å². The van der Waals surface area contributed by atoms with Crippen LogP contribution in [0, 0.1) is 6.92 Å². The van der Waals surface area contributed by atoms with Crippen LogP contribution in [0.25, 0.3) is 22.2 Å². The number of carbonyl (C=O) groups is 1. The molecule has 7 heteroatoms. The molecule has 0 radical (unpaired) electrons. The fourth-order valence-corrected chi connectivity index (χ4v) is 3.63. The first-order valence-corrected chi connectivity index (χ1v) is 10.6. The fourth-order valence-electron chi connectivity index (χ4n) is 3.63. The molecule has 0 spiro atoms. The monoisotopic (exact) mass is 434 g/mol. The molecule has 33 heavy (non-hydrogen) atoms. The first kappa shape index (κ1) is 20.4. The Balaban J connectivity index is 1.60. The molecule has 2 heterocycles. The summed E-state index contributed by atoms with van der Waals surface area (Å²) in [7, 11) is 0. The highest BCUT2D eigenvalue weighted by Crippen LogP contribution is 2.28. The van der Waals surface area contributed by atoms with Crippen molar-refractivity contribution in [2.75, 3.05) is 5.73 Å². The first-order chi connectivity index (χ1) is 16.1. The van der Waals surface area contributed by atoms with Crippen LogP contribution >= 0.6 is 0 Å². The summed E-state index contributed by atoms with van der Waals surface area (Å²) in [5.74, 6) is -0.135. The molecule has 0 saturated heterocycles. The number of hydrogen-bond acceptors (Lipinski definition) is 5. The summed E-state index contributed by atoms with van der Waals surface area (Å²) in [5.41, 5.74) is 12.0. The highest BCUT2D eigenvalue weighted by molar-refractivity contribution is 6.10. The number of aromatic nitrogens is 3. The van der Waals surface area contributed by atoms with Gasteiger partial charge < -0.3 is 11.1 Å². The Morgan fingerprint density at radius 2 is 1.64 bits per heavy atom. The van der Waals surface area contributed by atoms with Crippen LogP contribution in [-0.2, 0) is 6.54 Å². The van der Waals surface area contributed by atoms with Gasteiger partial charge in [0, 0.05) is 6.54 Å². The molecular formula is C26H22N6O. The van der Waals surface area contributed by atoms with Crippen molar-refractivity contribution in [1.29, 1.82) is 0 Å². The van der Waals surface area contributed by atoms with Crippen LogP contribution in [0.5, 0.6) is 0 Å². The standard InChI is InChI=1S/C26H22N6O/c1-17-11-13-19(14-12-17)16-29-32-24(27)22(26(33)28-15-18-7-3-2-4-8-18)23-25(32)31-21-10-6-5-9-20(21)30-23/h2-14,16H,15,27H2,1H3,(H,28,33)/b29-16-. The third kappa shape index (κ3) is 4.04. The zero-order chi connectivity index (χ0) is 22.8. The Kier molecular flexibility index (Phi) is 5.28. The van der Waals surface area contributed by atoms with E-state index in [1.54, 1.807) is 6.21 Å². The van der Waals surface area contributed by atoms with Crippen molar-refractivity contribution in [2.45, 2.75) is 13.5 Å². The molecule has 5 rings (SSSR count). The molecule has 1 amide bonds. The van der Waals surface area contributed by atoms with Crippen LogP contribution in [0.2, 0.25) is 0 Å². The second kappa shape index (κ2) is 8.55. The van der Waals surface area contributed by atoms with Gasteiger partial charge >= 0.3 is 0 Å². The van der Waals surface area contributed by atoms with E-state index in [4.69, 9.17) is 15.7 Å². The average Bonchev–Trinajstić information content (AvgIpc) is 3.11. The maximum absolute atomic E-state index is 13.2. The highest BCUT2D eigenvalue weighted by Gasteiger charge is 2.24. The number of nitrogens with one attached hydrogen (secondary N) is 1. The minimum Gasteiger partial charge on any atom is -0.383 e. The number of fused-ring (bicyclic) bond motifs is 2. The summed E-state index contributed by atoms with van der Waals surface area (Å²) in [6.45, 7) is 2.40. The van der Waals surface area contributed by atoms with E-state index in [0.717, 1.165) is 16.7 Å². The van der Waals surface area contributed by atoms with Crippen molar-refractivity contribution in [2.24, 2.45) is 5.10 Å². The maximum Gasteiger partial charge on any atom is 0.257 e. The largest absolute Gasteiger partial charge is 0.383 e. The molecule has 0 aliphatic rings. The molecule has 7 nitrogen and oxygen atoms in total. The Morgan fingerprint density at radius 3 is 2.36 bits per heavy atom. The van der Waals surface area contributed by atoms with Gasteiger partial charge in [-0.2, -0.15) is 9.78 Å². The number of rotatable bonds is 5. The molecule has 0 aliphatic heterocycles. The molecule has 0 unspecified atom stereocenters. The number of aryl methyl sites for hydroxylation is 1. The third-order valence-electron chi connectivity index (χ3n) is 5.40. The van der Waals surface area contributed by atoms with Gasteiger partial charge in [-0.25, -0.2) is 9.97 Å². The predicted molar refractivity (Wildman–Crippen MR) is 131 cm³/mol. The fraction of sp³-hybridized carbons (Fsp3) is 0.0769. The second-order valence-corrected chi connectivity index (χ2v) is 7.78. The van der Waals surface area contributed by atoms with E-state index < -0.39 is 0 Å². The lowest BCUT2D eigenvalue weighted by Gasteiger charge is -2.05. The van der Waals surface area contributed by atoms with Gasteiger partial charge in [-0.15, -0.1) is 0 Å². The summed E-state index contributed by atoms with van der Waals surface area (Å²) in [5, 5.41) is 7.48. The lowest BCUT2D eigenvalue weighted by molar-refractivity contribution is 0.0953. The van der Waals surface area contributed by atoms with Crippen molar-refractivity contribution in [3.05, 3.63) is 101 Å². The number of benzene rings is 3. The van der Waals surface area contributed by atoms with Crippen LogP contribution in [0.15, 0.2) is 84.0 Å². The number of carbonyl (C=O) groups excluding carboxylic acids is 1. The third-order valence-corrected chi connectivity index (χ3v) is 5.40. The minimum atomic E-state index is -0.324. The van der Waals surface area contributed by atoms with Crippen LogP contribution in [-0.4, -0.2) is 26.8 Å². The molecule has 0 bridgehead atoms. The quantitative estimate of drug-likeness (QED) is 0.403. The average molecular weight is 435 g/mol. The number of anilines is 1. The molecule has 3 aromatic carbocycles. The number of nitrogens with zero attached hydrogens (tertiary/aromatic N) is 4. The van der Waals surface area contributed by atoms with Gasteiger partial charge in [0.25, 0.3) is 5.91 Å². The van der Waals surface area contributed by atoms with E-state index in [-0.39, 0.29) is 17.3 Å². The number of hydrogen-bond donors (Lipinski definition) is 2. The summed E-state index contributed by atoms with van der Waals surface area (Å²) < 4.78 is 1.48. The number of para-hydroxylation sites is 2. The normalized spacial score (nSPS) is 11.4. The Bertz CT molecular complexity index is 1490. The molecule has 2 aromatic heterocycles. The second-order valence-electron chi connectivity index (χ2n) is 7.78. The molecule has 5 aromatic rings. The molecule has 0 saturated carbocycles. The number of nitrogens with two attached hydrogens (primary N) is 1. The van der Waals surface area contributed by atoms with E-state index in [1.807, 2.05) is 85.8 Å². The van der Waals surface area contributed by atoms with E-state index >= 15 is 0 Å². The summed E-state index contributed by atoms with van der Waals surface area (Å²) in [6, 6.07) is 25.1. The lowest BCUT2D eigenvalue weighted by atomic mass is 10.2. The SMILES string of the molecule is Cc1ccc(/C=N\n2c(N)c(C(=O)NCc3ccccc3)c3nc4ccccc4nc32)cc1. The van der Waals surface area contributed by atoms with Gasteiger partial charge in [0.2, 0.25) is 0 Å². The van der Waals surface area contributed by atoms with Gasteiger partial charge in [-0.05, 0) is 30.2 Å². The number of nitrogen functional groups attached to an aromatic ring is 1.